The van der Waals surface area contributed by atoms with E-state index < -0.39 is 15.8 Å². The molecule has 0 radical (unpaired) electrons. The third-order valence-corrected chi connectivity index (χ3v) is 7.14. The highest BCUT2D eigenvalue weighted by Gasteiger charge is 2.22. The lowest BCUT2D eigenvalue weighted by Crippen LogP contribution is -2.31. The minimum Gasteiger partial charge on any atom is -0.341 e. The Labute approximate surface area is 211 Å². The SMILES string of the molecule is Cc1ccccc1C(NC(=O)c1ccc(N(Cc2ccccc2F)S(C)(=O)=O)cc1)c1ccccc1. The van der Waals surface area contributed by atoms with Crippen LogP contribution < -0.4 is 9.62 Å². The average Bonchev–Trinajstić information content (AvgIpc) is 2.87. The highest BCUT2D eigenvalue weighted by atomic mass is 32.2. The lowest BCUT2D eigenvalue weighted by atomic mass is 9.94. The molecule has 184 valence electrons. The second kappa shape index (κ2) is 10.7. The molecule has 4 rings (SSSR count). The maximum atomic E-state index is 14.2. The Morgan fingerprint density at radius 3 is 2.11 bits per heavy atom. The molecule has 1 atom stereocenters. The van der Waals surface area contributed by atoms with Gasteiger partial charge in [0.1, 0.15) is 5.82 Å². The highest BCUT2D eigenvalue weighted by molar-refractivity contribution is 7.92. The van der Waals surface area contributed by atoms with Crippen LogP contribution in [0.2, 0.25) is 0 Å². The van der Waals surface area contributed by atoms with Gasteiger partial charge in [-0.1, -0.05) is 72.8 Å². The van der Waals surface area contributed by atoms with Gasteiger partial charge in [0.15, 0.2) is 0 Å². The molecule has 0 saturated carbocycles. The maximum Gasteiger partial charge on any atom is 0.252 e. The summed E-state index contributed by atoms with van der Waals surface area (Å²) in [6.45, 7) is 1.85. The summed E-state index contributed by atoms with van der Waals surface area (Å²) < 4.78 is 40.3. The van der Waals surface area contributed by atoms with E-state index in [1.807, 2.05) is 61.5 Å². The summed E-state index contributed by atoms with van der Waals surface area (Å²) in [6.07, 6.45) is 1.07. The minimum absolute atomic E-state index is 0.152. The number of rotatable bonds is 8. The zero-order valence-electron chi connectivity index (χ0n) is 20.1. The van der Waals surface area contributed by atoms with Gasteiger partial charge in [0.2, 0.25) is 10.0 Å². The molecule has 0 heterocycles. The third kappa shape index (κ3) is 5.80. The van der Waals surface area contributed by atoms with Gasteiger partial charge >= 0.3 is 0 Å². The third-order valence-electron chi connectivity index (χ3n) is 6.00. The Morgan fingerprint density at radius 1 is 0.861 bits per heavy atom. The van der Waals surface area contributed by atoms with Crippen molar-refractivity contribution in [1.82, 2.24) is 5.32 Å². The summed E-state index contributed by atoms with van der Waals surface area (Å²) in [7, 11) is -3.70. The first kappa shape index (κ1) is 25.1. The zero-order valence-corrected chi connectivity index (χ0v) is 20.9. The monoisotopic (exact) mass is 502 g/mol. The Balaban J connectivity index is 1.60. The number of nitrogens with zero attached hydrogens (tertiary/aromatic N) is 1. The first-order valence-corrected chi connectivity index (χ1v) is 13.3. The van der Waals surface area contributed by atoms with E-state index in [1.54, 1.807) is 42.5 Å². The molecule has 0 aromatic heterocycles. The fraction of sp³-hybridized carbons (Fsp3) is 0.138. The number of hydrogen-bond donors (Lipinski definition) is 1. The van der Waals surface area contributed by atoms with Crippen molar-refractivity contribution in [2.45, 2.75) is 19.5 Å². The minimum atomic E-state index is -3.70. The molecule has 5 nitrogen and oxygen atoms in total. The first-order valence-electron chi connectivity index (χ1n) is 11.5. The van der Waals surface area contributed by atoms with Crippen molar-refractivity contribution in [2.75, 3.05) is 10.6 Å². The largest absolute Gasteiger partial charge is 0.341 e. The van der Waals surface area contributed by atoms with Crippen molar-refractivity contribution in [2.24, 2.45) is 0 Å². The van der Waals surface area contributed by atoms with Crippen LogP contribution >= 0.6 is 0 Å². The van der Waals surface area contributed by atoms with Crippen LogP contribution in [0.3, 0.4) is 0 Å². The van der Waals surface area contributed by atoms with Gasteiger partial charge in [-0.05, 0) is 53.9 Å². The van der Waals surface area contributed by atoms with Crippen molar-refractivity contribution in [3.05, 3.63) is 137 Å². The molecule has 1 unspecified atom stereocenters. The van der Waals surface area contributed by atoms with Crippen molar-refractivity contribution >= 4 is 21.6 Å². The number of benzene rings is 4. The zero-order chi connectivity index (χ0) is 25.7. The topological polar surface area (TPSA) is 66.5 Å². The first-order chi connectivity index (χ1) is 17.2. The van der Waals surface area contributed by atoms with E-state index in [1.165, 1.54) is 6.07 Å². The van der Waals surface area contributed by atoms with Crippen LogP contribution in [-0.4, -0.2) is 20.6 Å². The number of hydrogen-bond acceptors (Lipinski definition) is 3. The number of carbonyl (C=O) groups is 1. The van der Waals surface area contributed by atoms with E-state index in [9.17, 15) is 17.6 Å². The summed E-state index contributed by atoms with van der Waals surface area (Å²) >= 11 is 0. The molecule has 0 saturated heterocycles. The molecule has 1 N–H and O–H groups in total. The number of nitrogens with one attached hydrogen (secondary N) is 1. The fourth-order valence-corrected chi connectivity index (χ4v) is 4.95. The van der Waals surface area contributed by atoms with Crippen LogP contribution in [0.5, 0.6) is 0 Å². The van der Waals surface area contributed by atoms with Crippen LogP contribution in [-0.2, 0) is 16.6 Å². The van der Waals surface area contributed by atoms with Crippen LogP contribution in [0.1, 0.15) is 38.7 Å². The van der Waals surface area contributed by atoms with Crippen molar-refractivity contribution in [3.63, 3.8) is 0 Å². The Hall–Kier alpha value is -3.97. The summed E-state index contributed by atoms with van der Waals surface area (Å²) in [5.41, 5.74) is 3.97. The lowest BCUT2D eigenvalue weighted by molar-refractivity contribution is 0.0943. The molecule has 36 heavy (non-hydrogen) atoms. The van der Waals surface area contributed by atoms with E-state index >= 15 is 0 Å². The van der Waals surface area contributed by atoms with Gasteiger partial charge in [0.25, 0.3) is 5.91 Å². The molecule has 0 bridgehead atoms. The summed E-state index contributed by atoms with van der Waals surface area (Å²) in [5, 5.41) is 3.11. The maximum absolute atomic E-state index is 14.2. The van der Waals surface area contributed by atoms with E-state index in [-0.39, 0.29) is 24.1 Å². The molecule has 1 amide bonds. The molecule has 4 aromatic rings. The number of amides is 1. The molecule has 0 spiro atoms. The van der Waals surface area contributed by atoms with E-state index in [0.29, 0.717) is 11.3 Å². The summed E-state index contributed by atoms with van der Waals surface area (Å²) in [6, 6.07) is 29.6. The number of sulfonamides is 1. The van der Waals surface area contributed by atoms with Gasteiger partial charge in [-0.25, -0.2) is 12.8 Å². The van der Waals surface area contributed by atoms with Crippen LogP contribution in [0.15, 0.2) is 103 Å². The number of aryl methyl sites for hydroxylation is 1. The van der Waals surface area contributed by atoms with Gasteiger partial charge in [-0.3, -0.25) is 9.10 Å². The number of halogens is 1. The van der Waals surface area contributed by atoms with Gasteiger partial charge in [0, 0.05) is 11.1 Å². The van der Waals surface area contributed by atoms with Gasteiger partial charge in [-0.15, -0.1) is 0 Å². The van der Waals surface area contributed by atoms with E-state index in [2.05, 4.69) is 5.32 Å². The van der Waals surface area contributed by atoms with Crippen molar-refractivity contribution in [3.8, 4) is 0 Å². The smallest absolute Gasteiger partial charge is 0.252 e. The molecule has 0 aliphatic rings. The molecular formula is C29H27FN2O3S. The molecular weight excluding hydrogens is 475 g/mol. The lowest BCUT2D eigenvalue weighted by Gasteiger charge is -2.24. The second-order valence-electron chi connectivity index (χ2n) is 8.58. The van der Waals surface area contributed by atoms with E-state index in [4.69, 9.17) is 0 Å². The van der Waals surface area contributed by atoms with Gasteiger partial charge in [0.05, 0.1) is 24.5 Å². The Morgan fingerprint density at radius 2 is 1.47 bits per heavy atom. The van der Waals surface area contributed by atoms with Crippen LogP contribution in [0.25, 0.3) is 0 Å². The second-order valence-corrected chi connectivity index (χ2v) is 10.5. The van der Waals surface area contributed by atoms with Crippen molar-refractivity contribution in [1.29, 1.82) is 0 Å². The molecule has 4 aromatic carbocycles. The molecule has 0 aliphatic heterocycles. The predicted molar refractivity (Wildman–Crippen MR) is 141 cm³/mol. The van der Waals surface area contributed by atoms with Crippen molar-refractivity contribution < 1.29 is 17.6 Å². The number of anilines is 1. The highest BCUT2D eigenvalue weighted by Crippen LogP contribution is 2.26. The quantitative estimate of drug-likeness (QED) is 0.340. The Kier molecular flexibility index (Phi) is 7.50. The van der Waals surface area contributed by atoms with Crippen LogP contribution in [0.4, 0.5) is 10.1 Å². The van der Waals surface area contributed by atoms with E-state index in [0.717, 1.165) is 27.3 Å². The normalized spacial score (nSPS) is 12.1. The van der Waals surface area contributed by atoms with Gasteiger partial charge in [-0.2, -0.15) is 0 Å². The molecule has 0 fully saturated rings. The predicted octanol–water partition coefficient (Wildman–Crippen LogP) is 5.62. The number of carbonyl (C=O) groups excluding carboxylic acids is 1. The van der Waals surface area contributed by atoms with Gasteiger partial charge < -0.3 is 5.32 Å². The summed E-state index contributed by atoms with van der Waals surface area (Å²) in [4.78, 5) is 13.2. The average molecular weight is 503 g/mol. The molecule has 7 heteroatoms. The standard InChI is InChI=1S/C29H27FN2O3S/c1-21-10-6-8-14-26(21)28(22-11-4-3-5-12-22)31-29(33)23-16-18-25(19-17-23)32(36(2,34)35)20-24-13-7-9-15-27(24)30/h3-19,28H,20H2,1-2H3,(H,31,33). The summed E-state index contributed by atoms with van der Waals surface area (Å²) in [5.74, 6) is -0.774. The van der Waals surface area contributed by atoms with Crippen LogP contribution in [0, 0.1) is 12.7 Å². The Bertz CT molecular complexity index is 1460. The molecule has 0 aliphatic carbocycles. The fourth-order valence-electron chi connectivity index (χ4n) is 4.07.